The van der Waals surface area contributed by atoms with Gasteiger partial charge in [-0.05, 0) is 62.8 Å². The molecule has 19 heavy (non-hydrogen) atoms. The number of aryl methyl sites for hydroxylation is 1. The smallest absolute Gasteiger partial charge is 0.0540 e. The van der Waals surface area contributed by atoms with Crippen molar-refractivity contribution in [2.24, 2.45) is 24.8 Å². The van der Waals surface area contributed by atoms with Gasteiger partial charge in [0.25, 0.3) is 0 Å². The van der Waals surface area contributed by atoms with Crippen molar-refractivity contribution < 1.29 is 0 Å². The largest absolute Gasteiger partial charge is 0.310 e. The number of nitrogens with one attached hydrogen (secondary N) is 1. The maximum Gasteiger partial charge on any atom is 0.0540 e. The molecule has 0 radical (unpaired) electrons. The Morgan fingerprint density at radius 3 is 3.05 bits per heavy atom. The SMILES string of the molecule is Cn1ncc2c1CCCC2NCC1CC2CCC1C2. The molecule has 4 unspecified atom stereocenters. The summed E-state index contributed by atoms with van der Waals surface area (Å²) in [4.78, 5) is 0. The predicted molar refractivity (Wildman–Crippen MR) is 75.8 cm³/mol. The molecule has 3 heteroatoms. The number of nitrogens with zero attached hydrogens (tertiary/aromatic N) is 2. The van der Waals surface area contributed by atoms with E-state index in [2.05, 4.69) is 28.3 Å². The van der Waals surface area contributed by atoms with Gasteiger partial charge in [0.2, 0.25) is 0 Å². The van der Waals surface area contributed by atoms with Gasteiger partial charge in [0.1, 0.15) is 0 Å². The molecular weight excluding hydrogens is 234 g/mol. The molecule has 3 aliphatic rings. The molecule has 0 aromatic carbocycles. The highest BCUT2D eigenvalue weighted by Gasteiger charge is 2.39. The third-order valence-electron chi connectivity index (χ3n) is 5.89. The summed E-state index contributed by atoms with van der Waals surface area (Å²) in [6.45, 7) is 1.24. The van der Waals surface area contributed by atoms with E-state index in [1.54, 1.807) is 0 Å². The van der Waals surface area contributed by atoms with Gasteiger partial charge < -0.3 is 5.32 Å². The minimum Gasteiger partial charge on any atom is -0.310 e. The lowest BCUT2D eigenvalue weighted by atomic mass is 9.87. The molecule has 2 fully saturated rings. The first-order valence-electron chi connectivity index (χ1n) is 8.05. The Hall–Kier alpha value is -0.830. The van der Waals surface area contributed by atoms with Crippen molar-refractivity contribution in [1.82, 2.24) is 15.1 Å². The first-order chi connectivity index (χ1) is 9.31. The second kappa shape index (κ2) is 4.62. The van der Waals surface area contributed by atoms with Crippen LogP contribution < -0.4 is 5.32 Å². The molecule has 1 aromatic rings. The summed E-state index contributed by atoms with van der Waals surface area (Å²) in [5.41, 5.74) is 2.92. The average Bonchev–Trinajstić information content (AvgIpc) is 3.12. The van der Waals surface area contributed by atoms with E-state index < -0.39 is 0 Å². The van der Waals surface area contributed by atoms with Crippen molar-refractivity contribution >= 4 is 0 Å². The summed E-state index contributed by atoms with van der Waals surface area (Å²) in [5, 5.41) is 8.31. The molecule has 0 saturated heterocycles. The van der Waals surface area contributed by atoms with Crippen molar-refractivity contribution in [3.8, 4) is 0 Å². The molecule has 3 aliphatic carbocycles. The first-order valence-corrected chi connectivity index (χ1v) is 8.05. The Balaban J connectivity index is 1.41. The molecule has 1 heterocycles. The zero-order valence-electron chi connectivity index (χ0n) is 11.9. The summed E-state index contributed by atoms with van der Waals surface area (Å²) in [7, 11) is 2.08. The van der Waals surface area contributed by atoms with E-state index >= 15 is 0 Å². The van der Waals surface area contributed by atoms with Crippen molar-refractivity contribution in [3.05, 3.63) is 17.5 Å². The summed E-state index contributed by atoms with van der Waals surface area (Å²) >= 11 is 0. The van der Waals surface area contributed by atoms with Crippen LogP contribution in [0.4, 0.5) is 0 Å². The Kier molecular flexibility index (Phi) is 2.91. The quantitative estimate of drug-likeness (QED) is 0.904. The average molecular weight is 259 g/mol. The lowest BCUT2D eigenvalue weighted by molar-refractivity contribution is 0.299. The maximum absolute atomic E-state index is 4.44. The van der Waals surface area contributed by atoms with Crippen LogP contribution in [0.5, 0.6) is 0 Å². The minimum absolute atomic E-state index is 0.566. The maximum atomic E-state index is 4.44. The third-order valence-corrected chi connectivity index (χ3v) is 5.89. The molecule has 2 saturated carbocycles. The highest BCUT2D eigenvalue weighted by molar-refractivity contribution is 5.24. The lowest BCUT2D eigenvalue weighted by Gasteiger charge is -2.28. The molecular formula is C16H25N3. The van der Waals surface area contributed by atoms with Crippen LogP contribution in [0.2, 0.25) is 0 Å². The van der Waals surface area contributed by atoms with Crippen LogP contribution in [0, 0.1) is 17.8 Å². The molecule has 104 valence electrons. The molecule has 1 aromatic heterocycles. The van der Waals surface area contributed by atoms with Gasteiger partial charge in [-0.1, -0.05) is 6.42 Å². The van der Waals surface area contributed by atoms with E-state index in [9.17, 15) is 0 Å². The second-order valence-electron chi connectivity index (χ2n) is 6.96. The number of hydrogen-bond acceptors (Lipinski definition) is 2. The fourth-order valence-electron chi connectivity index (χ4n) is 4.84. The summed E-state index contributed by atoms with van der Waals surface area (Å²) in [6, 6.07) is 0.566. The van der Waals surface area contributed by atoms with E-state index in [1.165, 1.54) is 62.7 Å². The van der Waals surface area contributed by atoms with Crippen LogP contribution in [0.1, 0.15) is 55.8 Å². The standard InChI is InChI=1S/C16H25N3/c1-19-16-4-2-3-15(14(16)10-18-19)17-9-13-8-11-5-6-12(13)7-11/h10-13,15,17H,2-9H2,1H3. The van der Waals surface area contributed by atoms with Gasteiger partial charge in [-0.15, -0.1) is 0 Å². The summed E-state index contributed by atoms with van der Waals surface area (Å²) in [5.74, 6) is 3.06. The van der Waals surface area contributed by atoms with Crippen LogP contribution >= 0.6 is 0 Å². The van der Waals surface area contributed by atoms with Gasteiger partial charge in [-0.2, -0.15) is 5.10 Å². The minimum atomic E-state index is 0.566. The van der Waals surface area contributed by atoms with E-state index in [1.807, 2.05) is 0 Å². The van der Waals surface area contributed by atoms with E-state index in [4.69, 9.17) is 0 Å². The molecule has 4 atom stereocenters. The van der Waals surface area contributed by atoms with Gasteiger partial charge in [0.05, 0.1) is 6.20 Å². The van der Waals surface area contributed by atoms with Crippen LogP contribution in [-0.2, 0) is 13.5 Å². The monoisotopic (exact) mass is 259 g/mol. The molecule has 0 aliphatic heterocycles. The van der Waals surface area contributed by atoms with E-state index in [-0.39, 0.29) is 0 Å². The van der Waals surface area contributed by atoms with Crippen LogP contribution in [0.3, 0.4) is 0 Å². The van der Waals surface area contributed by atoms with Gasteiger partial charge >= 0.3 is 0 Å². The number of rotatable bonds is 3. The zero-order chi connectivity index (χ0) is 12.8. The van der Waals surface area contributed by atoms with Crippen LogP contribution in [0.25, 0.3) is 0 Å². The van der Waals surface area contributed by atoms with Gasteiger partial charge in [0, 0.05) is 24.3 Å². The Morgan fingerprint density at radius 1 is 1.32 bits per heavy atom. The highest BCUT2D eigenvalue weighted by Crippen LogP contribution is 2.48. The fraction of sp³-hybridized carbons (Fsp3) is 0.812. The molecule has 4 rings (SSSR count). The van der Waals surface area contributed by atoms with Gasteiger partial charge in [-0.25, -0.2) is 0 Å². The zero-order valence-corrected chi connectivity index (χ0v) is 11.9. The normalized spacial score (nSPS) is 36.7. The molecule has 1 N–H and O–H groups in total. The number of fused-ring (bicyclic) bond motifs is 3. The van der Waals surface area contributed by atoms with Crippen molar-refractivity contribution in [1.29, 1.82) is 0 Å². The Bertz CT molecular complexity index is 465. The number of aromatic nitrogens is 2. The first kappa shape index (κ1) is 12.0. The fourth-order valence-corrected chi connectivity index (χ4v) is 4.84. The van der Waals surface area contributed by atoms with Crippen molar-refractivity contribution in [2.75, 3.05) is 6.54 Å². The van der Waals surface area contributed by atoms with E-state index in [0.717, 1.165) is 17.8 Å². The highest BCUT2D eigenvalue weighted by atomic mass is 15.3. The topological polar surface area (TPSA) is 29.9 Å². The number of hydrogen-bond donors (Lipinski definition) is 1. The molecule has 3 nitrogen and oxygen atoms in total. The lowest BCUT2D eigenvalue weighted by Crippen LogP contribution is -2.31. The molecule has 0 spiro atoms. The predicted octanol–water partition coefficient (Wildman–Crippen LogP) is 2.82. The Labute approximate surface area is 115 Å². The summed E-state index contributed by atoms with van der Waals surface area (Å²) < 4.78 is 2.07. The van der Waals surface area contributed by atoms with Crippen LogP contribution in [-0.4, -0.2) is 16.3 Å². The molecule has 2 bridgehead atoms. The van der Waals surface area contributed by atoms with E-state index in [0.29, 0.717) is 6.04 Å². The molecule has 0 amide bonds. The van der Waals surface area contributed by atoms with Gasteiger partial charge in [0.15, 0.2) is 0 Å². The Morgan fingerprint density at radius 2 is 2.26 bits per heavy atom. The summed E-state index contributed by atoms with van der Waals surface area (Å²) in [6.07, 6.45) is 11.9. The second-order valence-corrected chi connectivity index (χ2v) is 6.96. The van der Waals surface area contributed by atoms with Gasteiger partial charge in [-0.3, -0.25) is 4.68 Å². The van der Waals surface area contributed by atoms with Crippen molar-refractivity contribution in [3.63, 3.8) is 0 Å². The van der Waals surface area contributed by atoms with Crippen LogP contribution in [0.15, 0.2) is 6.20 Å². The third kappa shape index (κ3) is 2.03. The van der Waals surface area contributed by atoms with Crippen molar-refractivity contribution in [2.45, 2.75) is 51.0 Å².